The zero-order chi connectivity index (χ0) is 10.8. The molecule has 1 N–H and O–H groups in total. The summed E-state index contributed by atoms with van der Waals surface area (Å²) >= 11 is 11.6. The molecule has 2 atom stereocenters. The summed E-state index contributed by atoms with van der Waals surface area (Å²) in [6.07, 6.45) is 1.18. The average Bonchev–Trinajstić information content (AvgIpc) is 2.70. The van der Waals surface area contributed by atoms with Crippen LogP contribution in [0.4, 0.5) is 0 Å². The Kier molecular flexibility index (Phi) is 3.99. The van der Waals surface area contributed by atoms with Crippen molar-refractivity contribution >= 4 is 39.3 Å². The standard InChI is InChI=1S/C11H13BrClNS/c1-2-8-6-15-11(14-8)9-5-7(12)3-4-10(9)13/h3-5,8,11,14H,2,6H2,1H3. The first-order valence-corrected chi connectivity index (χ1v) is 7.25. The lowest BCUT2D eigenvalue weighted by molar-refractivity contribution is 0.561. The lowest BCUT2D eigenvalue weighted by Gasteiger charge is -2.14. The molecular formula is C11H13BrClNS. The fraction of sp³-hybridized carbons (Fsp3) is 0.455. The van der Waals surface area contributed by atoms with Crippen molar-refractivity contribution in [2.45, 2.75) is 24.8 Å². The Hall–Kier alpha value is 0.300. The van der Waals surface area contributed by atoms with Crippen molar-refractivity contribution in [3.63, 3.8) is 0 Å². The Morgan fingerprint density at radius 1 is 1.60 bits per heavy atom. The van der Waals surface area contributed by atoms with Crippen LogP contribution in [0, 0.1) is 0 Å². The maximum atomic E-state index is 6.19. The van der Waals surface area contributed by atoms with Crippen molar-refractivity contribution in [2.24, 2.45) is 0 Å². The minimum Gasteiger partial charge on any atom is -0.298 e. The van der Waals surface area contributed by atoms with Crippen LogP contribution in [0.5, 0.6) is 0 Å². The first-order valence-electron chi connectivity index (χ1n) is 5.03. The number of thioether (sulfide) groups is 1. The lowest BCUT2D eigenvalue weighted by atomic mass is 10.2. The zero-order valence-electron chi connectivity index (χ0n) is 8.47. The predicted molar refractivity (Wildman–Crippen MR) is 71.6 cm³/mol. The third kappa shape index (κ3) is 2.70. The maximum Gasteiger partial charge on any atom is 0.0807 e. The summed E-state index contributed by atoms with van der Waals surface area (Å²) in [5, 5.41) is 4.78. The zero-order valence-corrected chi connectivity index (χ0v) is 11.6. The highest BCUT2D eigenvalue weighted by Gasteiger charge is 2.25. The molecule has 0 amide bonds. The van der Waals surface area contributed by atoms with E-state index in [0.717, 1.165) is 9.50 Å². The molecule has 2 rings (SSSR count). The molecule has 1 saturated heterocycles. The third-order valence-corrected chi connectivity index (χ3v) is 4.74. The van der Waals surface area contributed by atoms with E-state index in [2.05, 4.69) is 34.2 Å². The molecule has 0 radical (unpaired) electrons. The van der Waals surface area contributed by atoms with E-state index in [1.54, 1.807) is 0 Å². The molecule has 15 heavy (non-hydrogen) atoms. The molecule has 0 aromatic heterocycles. The minimum atomic E-state index is 0.347. The largest absolute Gasteiger partial charge is 0.298 e. The highest BCUT2D eigenvalue weighted by molar-refractivity contribution is 9.10. The van der Waals surface area contributed by atoms with Crippen molar-refractivity contribution < 1.29 is 0 Å². The van der Waals surface area contributed by atoms with Gasteiger partial charge in [0.25, 0.3) is 0 Å². The number of hydrogen-bond donors (Lipinski definition) is 1. The molecule has 1 aliphatic rings. The Morgan fingerprint density at radius 3 is 3.07 bits per heavy atom. The topological polar surface area (TPSA) is 12.0 Å². The van der Waals surface area contributed by atoms with Gasteiger partial charge in [-0.2, -0.15) is 0 Å². The second-order valence-electron chi connectivity index (χ2n) is 3.65. The van der Waals surface area contributed by atoms with Crippen molar-refractivity contribution in [3.05, 3.63) is 33.3 Å². The van der Waals surface area contributed by atoms with Crippen LogP contribution >= 0.6 is 39.3 Å². The predicted octanol–water partition coefficient (Wildman–Crippen LogP) is 4.22. The number of rotatable bonds is 2. The fourth-order valence-corrected chi connectivity index (χ4v) is 3.74. The van der Waals surface area contributed by atoms with Crippen molar-refractivity contribution in [2.75, 3.05) is 5.75 Å². The normalized spacial score (nSPS) is 25.8. The number of hydrogen-bond acceptors (Lipinski definition) is 2. The van der Waals surface area contributed by atoms with E-state index in [1.165, 1.54) is 17.7 Å². The van der Waals surface area contributed by atoms with Crippen molar-refractivity contribution in [3.8, 4) is 0 Å². The van der Waals surface area contributed by atoms with Crippen molar-refractivity contribution in [1.82, 2.24) is 5.32 Å². The molecule has 0 aliphatic carbocycles. The maximum absolute atomic E-state index is 6.19. The van der Waals surface area contributed by atoms with Crippen LogP contribution < -0.4 is 5.32 Å². The van der Waals surface area contributed by atoms with Gasteiger partial charge in [0.1, 0.15) is 0 Å². The summed E-state index contributed by atoms with van der Waals surface area (Å²) in [6.45, 7) is 2.21. The van der Waals surface area contributed by atoms with Gasteiger partial charge in [0, 0.05) is 21.3 Å². The van der Waals surface area contributed by atoms with Gasteiger partial charge in [-0.15, -0.1) is 11.8 Å². The highest BCUT2D eigenvalue weighted by Crippen LogP contribution is 2.38. The Labute approximate surface area is 108 Å². The van der Waals surface area contributed by atoms with Crippen LogP contribution in [0.3, 0.4) is 0 Å². The van der Waals surface area contributed by atoms with E-state index in [1.807, 2.05) is 23.9 Å². The van der Waals surface area contributed by atoms with Gasteiger partial charge in [-0.3, -0.25) is 5.32 Å². The molecule has 1 nitrogen and oxygen atoms in total. The molecule has 0 spiro atoms. The quantitative estimate of drug-likeness (QED) is 0.878. The van der Waals surface area contributed by atoms with Gasteiger partial charge in [0.05, 0.1) is 5.37 Å². The van der Waals surface area contributed by atoms with Crippen LogP contribution in [-0.4, -0.2) is 11.8 Å². The molecule has 0 saturated carbocycles. The summed E-state index contributed by atoms with van der Waals surface area (Å²) in [4.78, 5) is 0. The van der Waals surface area contributed by atoms with Crippen LogP contribution in [-0.2, 0) is 0 Å². The van der Waals surface area contributed by atoms with Gasteiger partial charge >= 0.3 is 0 Å². The molecule has 1 aliphatic heterocycles. The van der Waals surface area contributed by atoms with Crippen LogP contribution in [0.25, 0.3) is 0 Å². The number of benzene rings is 1. The van der Waals surface area contributed by atoms with Gasteiger partial charge in [0.2, 0.25) is 0 Å². The van der Waals surface area contributed by atoms with E-state index in [4.69, 9.17) is 11.6 Å². The highest BCUT2D eigenvalue weighted by atomic mass is 79.9. The second-order valence-corrected chi connectivity index (χ2v) is 6.11. The Balaban J connectivity index is 2.19. The van der Waals surface area contributed by atoms with Gasteiger partial charge in [-0.25, -0.2) is 0 Å². The van der Waals surface area contributed by atoms with Gasteiger partial charge in [-0.05, 0) is 30.2 Å². The summed E-state index contributed by atoms with van der Waals surface area (Å²) < 4.78 is 1.09. The first-order chi connectivity index (χ1) is 7.20. The number of halogens is 2. The molecule has 1 heterocycles. The molecule has 0 bridgehead atoms. The van der Waals surface area contributed by atoms with Gasteiger partial charge < -0.3 is 0 Å². The van der Waals surface area contributed by atoms with E-state index >= 15 is 0 Å². The summed E-state index contributed by atoms with van der Waals surface area (Å²) in [5.74, 6) is 1.17. The summed E-state index contributed by atoms with van der Waals surface area (Å²) in [7, 11) is 0. The fourth-order valence-electron chi connectivity index (χ4n) is 1.65. The van der Waals surface area contributed by atoms with Crippen LogP contribution in [0.15, 0.2) is 22.7 Å². The monoisotopic (exact) mass is 305 g/mol. The van der Waals surface area contributed by atoms with E-state index in [9.17, 15) is 0 Å². The van der Waals surface area contributed by atoms with E-state index < -0.39 is 0 Å². The molecule has 4 heteroatoms. The van der Waals surface area contributed by atoms with Crippen molar-refractivity contribution in [1.29, 1.82) is 0 Å². The second kappa shape index (κ2) is 5.09. The first kappa shape index (κ1) is 11.8. The smallest absolute Gasteiger partial charge is 0.0807 e. The average molecular weight is 307 g/mol. The SMILES string of the molecule is CCC1CSC(c2cc(Br)ccc2Cl)N1. The third-order valence-electron chi connectivity index (χ3n) is 2.58. The van der Waals surface area contributed by atoms with E-state index in [0.29, 0.717) is 11.4 Å². The van der Waals surface area contributed by atoms with Crippen LogP contribution in [0.2, 0.25) is 5.02 Å². The lowest BCUT2D eigenvalue weighted by Crippen LogP contribution is -2.24. The van der Waals surface area contributed by atoms with Gasteiger partial charge in [-0.1, -0.05) is 34.5 Å². The van der Waals surface area contributed by atoms with Crippen LogP contribution in [0.1, 0.15) is 24.3 Å². The molecule has 1 fully saturated rings. The summed E-state index contributed by atoms with van der Waals surface area (Å²) in [5.41, 5.74) is 1.19. The molecule has 1 aromatic carbocycles. The molecule has 82 valence electrons. The molecule has 1 aromatic rings. The Bertz CT molecular complexity index is 358. The minimum absolute atomic E-state index is 0.347. The van der Waals surface area contributed by atoms with E-state index in [-0.39, 0.29) is 0 Å². The number of nitrogens with one attached hydrogen (secondary N) is 1. The Morgan fingerprint density at radius 2 is 2.40 bits per heavy atom. The molecular weight excluding hydrogens is 294 g/mol. The van der Waals surface area contributed by atoms with Gasteiger partial charge in [0.15, 0.2) is 0 Å². The molecule has 2 unspecified atom stereocenters. The summed E-state index contributed by atoms with van der Waals surface area (Å²) in [6, 6.07) is 6.64.